The van der Waals surface area contributed by atoms with E-state index in [4.69, 9.17) is 9.47 Å². The molecule has 1 heterocycles. The molecule has 0 spiro atoms. The first-order valence-electron chi connectivity index (χ1n) is 8.32. The number of hydrogen-bond donors (Lipinski definition) is 1. The molecular weight excluding hydrogens is 307 g/mol. The molecule has 0 aliphatic carbocycles. The maximum atomic E-state index is 14.3. The van der Waals surface area contributed by atoms with Gasteiger partial charge in [-0.25, -0.2) is 4.39 Å². The number of hydrogen-bond acceptors (Lipinski definition) is 4. The fourth-order valence-corrected chi connectivity index (χ4v) is 2.72. The van der Waals surface area contributed by atoms with E-state index in [0.717, 1.165) is 31.7 Å². The van der Waals surface area contributed by atoms with Crippen LogP contribution in [-0.4, -0.2) is 39.4 Å². The third kappa shape index (κ3) is 4.69. The topological polar surface area (TPSA) is 33.7 Å². The van der Waals surface area contributed by atoms with Crippen molar-refractivity contribution in [3.05, 3.63) is 59.9 Å². The highest BCUT2D eigenvalue weighted by Gasteiger charge is 2.14. The fourth-order valence-electron chi connectivity index (χ4n) is 2.72. The average Bonchev–Trinajstić information content (AvgIpc) is 2.63. The van der Waals surface area contributed by atoms with Gasteiger partial charge in [0.25, 0.3) is 0 Å². The Morgan fingerprint density at radius 3 is 2.54 bits per heavy atom. The van der Waals surface area contributed by atoms with E-state index in [1.807, 2.05) is 36.4 Å². The third-order valence-electron chi connectivity index (χ3n) is 3.98. The second-order valence-electron chi connectivity index (χ2n) is 5.74. The van der Waals surface area contributed by atoms with Gasteiger partial charge in [0.1, 0.15) is 18.2 Å². The summed E-state index contributed by atoms with van der Waals surface area (Å²) in [5.74, 6) is 0.300. The summed E-state index contributed by atoms with van der Waals surface area (Å²) in [6.45, 7) is 4.84. The maximum Gasteiger partial charge on any atom is 0.150 e. The largest absolute Gasteiger partial charge is 0.491 e. The Kier molecular flexibility index (Phi) is 6.04. The number of ether oxygens (including phenoxy) is 2. The molecule has 1 aliphatic heterocycles. The molecule has 1 saturated heterocycles. The van der Waals surface area contributed by atoms with Crippen LogP contribution in [0.3, 0.4) is 0 Å². The number of halogens is 1. The van der Waals surface area contributed by atoms with E-state index in [0.29, 0.717) is 31.3 Å². The monoisotopic (exact) mass is 330 g/mol. The predicted octanol–water partition coefficient (Wildman–Crippen LogP) is 2.83. The molecule has 0 bridgehead atoms. The first-order valence-corrected chi connectivity index (χ1v) is 8.32. The van der Waals surface area contributed by atoms with Crippen LogP contribution in [-0.2, 0) is 11.3 Å². The van der Waals surface area contributed by atoms with Crippen molar-refractivity contribution in [2.24, 2.45) is 0 Å². The van der Waals surface area contributed by atoms with E-state index in [9.17, 15) is 4.39 Å². The number of nitrogens with one attached hydrogen (secondary N) is 1. The second kappa shape index (κ2) is 8.66. The van der Waals surface area contributed by atoms with Crippen molar-refractivity contribution in [3.8, 4) is 5.75 Å². The smallest absolute Gasteiger partial charge is 0.150 e. The Morgan fingerprint density at radius 2 is 1.79 bits per heavy atom. The lowest BCUT2D eigenvalue weighted by atomic mass is 10.2. The van der Waals surface area contributed by atoms with E-state index in [1.54, 1.807) is 6.07 Å². The van der Waals surface area contributed by atoms with Gasteiger partial charge < -0.3 is 19.7 Å². The molecule has 0 unspecified atom stereocenters. The Hall–Kier alpha value is -2.11. The quantitative estimate of drug-likeness (QED) is 0.792. The molecule has 128 valence electrons. The molecule has 24 heavy (non-hydrogen) atoms. The van der Waals surface area contributed by atoms with Crippen molar-refractivity contribution < 1.29 is 13.9 Å². The SMILES string of the molecule is Fc1cc(OCCOCc2ccccc2)ccc1N1CCNCC1. The van der Waals surface area contributed by atoms with Crippen molar-refractivity contribution in [1.82, 2.24) is 5.32 Å². The highest BCUT2D eigenvalue weighted by Crippen LogP contribution is 2.24. The molecule has 1 aliphatic rings. The Morgan fingerprint density at radius 1 is 1.00 bits per heavy atom. The van der Waals surface area contributed by atoms with Crippen molar-refractivity contribution in [3.63, 3.8) is 0 Å². The van der Waals surface area contributed by atoms with Crippen LogP contribution in [0.4, 0.5) is 10.1 Å². The number of benzene rings is 2. The third-order valence-corrected chi connectivity index (χ3v) is 3.98. The summed E-state index contributed by atoms with van der Waals surface area (Å²) in [6.07, 6.45) is 0. The molecule has 0 aromatic heterocycles. The minimum Gasteiger partial charge on any atom is -0.491 e. The summed E-state index contributed by atoms with van der Waals surface area (Å²) in [5, 5.41) is 3.26. The summed E-state index contributed by atoms with van der Waals surface area (Å²) in [5.41, 5.74) is 1.77. The molecule has 0 amide bonds. The predicted molar refractivity (Wildman–Crippen MR) is 93.1 cm³/mol. The lowest BCUT2D eigenvalue weighted by molar-refractivity contribution is 0.0888. The van der Waals surface area contributed by atoms with E-state index >= 15 is 0 Å². The van der Waals surface area contributed by atoms with Crippen molar-refractivity contribution >= 4 is 5.69 Å². The first-order chi connectivity index (χ1) is 11.8. The zero-order chi connectivity index (χ0) is 16.6. The average molecular weight is 330 g/mol. The van der Waals surface area contributed by atoms with Crippen LogP contribution in [0.15, 0.2) is 48.5 Å². The Bertz CT molecular complexity index is 631. The molecule has 2 aromatic carbocycles. The van der Waals surface area contributed by atoms with Crippen LogP contribution in [0.5, 0.6) is 5.75 Å². The van der Waals surface area contributed by atoms with Crippen LogP contribution in [0.2, 0.25) is 0 Å². The highest BCUT2D eigenvalue weighted by molar-refractivity contribution is 5.51. The van der Waals surface area contributed by atoms with E-state index in [-0.39, 0.29) is 5.82 Å². The summed E-state index contributed by atoms with van der Waals surface area (Å²) >= 11 is 0. The highest BCUT2D eigenvalue weighted by atomic mass is 19.1. The molecule has 5 heteroatoms. The first kappa shape index (κ1) is 16.7. The van der Waals surface area contributed by atoms with Gasteiger partial charge in [-0.3, -0.25) is 0 Å². The molecule has 0 radical (unpaired) electrons. The standard InChI is InChI=1S/C19H23FN2O2/c20-18-14-17(6-7-19(18)22-10-8-21-9-11-22)24-13-12-23-15-16-4-2-1-3-5-16/h1-7,14,21H,8-13,15H2. The minimum absolute atomic E-state index is 0.236. The van der Waals surface area contributed by atoms with E-state index < -0.39 is 0 Å². The van der Waals surface area contributed by atoms with Crippen LogP contribution in [0.1, 0.15) is 5.56 Å². The van der Waals surface area contributed by atoms with Gasteiger partial charge in [-0.05, 0) is 17.7 Å². The number of piperazine rings is 1. The van der Waals surface area contributed by atoms with Crippen molar-refractivity contribution in [2.75, 3.05) is 44.3 Å². The zero-order valence-corrected chi connectivity index (χ0v) is 13.7. The lowest BCUT2D eigenvalue weighted by Crippen LogP contribution is -2.43. The van der Waals surface area contributed by atoms with Crippen LogP contribution >= 0.6 is 0 Å². The molecule has 2 aromatic rings. The van der Waals surface area contributed by atoms with Crippen molar-refractivity contribution in [2.45, 2.75) is 6.61 Å². The van der Waals surface area contributed by atoms with Gasteiger partial charge in [0.2, 0.25) is 0 Å². The van der Waals surface area contributed by atoms with Gasteiger partial charge in [0.15, 0.2) is 0 Å². The molecule has 0 saturated carbocycles. The summed E-state index contributed by atoms with van der Waals surface area (Å²) < 4.78 is 25.4. The zero-order valence-electron chi connectivity index (χ0n) is 13.7. The van der Waals surface area contributed by atoms with Gasteiger partial charge in [-0.15, -0.1) is 0 Å². The maximum absolute atomic E-state index is 14.3. The Balaban J connectivity index is 1.43. The molecule has 4 nitrogen and oxygen atoms in total. The van der Waals surface area contributed by atoms with Gasteiger partial charge >= 0.3 is 0 Å². The normalized spacial score (nSPS) is 14.6. The van der Waals surface area contributed by atoms with Crippen LogP contribution < -0.4 is 15.0 Å². The van der Waals surface area contributed by atoms with Crippen LogP contribution in [0.25, 0.3) is 0 Å². The van der Waals surface area contributed by atoms with Crippen LogP contribution in [0, 0.1) is 5.82 Å². The summed E-state index contributed by atoms with van der Waals surface area (Å²) in [7, 11) is 0. The molecule has 0 atom stereocenters. The molecule has 1 N–H and O–H groups in total. The molecular formula is C19H23FN2O2. The van der Waals surface area contributed by atoms with E-state index in [1.165, 1.54) is 6.07 Å². The van der Waals surface area contributed by atoms with E-state index in [2.05, 4.69) is 10.2 Å². The number of anilines is 1. The summed E-state index contributed by atoms with van der Waals surface area (Å²) in [4.78, 5) is 2.05. The van der Waals surface area contributed by atoms with Gasteiger partial charge in [-0.2, -0.15) is 0 Å². The number of nitrogens with zero attached hydrogens (tertiary/aromatic N) is 1. The van der Waals surface area contributed by atoms with Gasteiger partial charge in [-0.1, -0.05) is 30.3 Å². The Labute approximate surface area is 142 Å². The van der Waals surface area contributed by atoms with Crippen molar-refractivity contribution in [1.29, 1.82) is 0 Å². The number of rotatable bonds is 7. The molecule has 1 fully saturated rings. The lowest BCUT2D eigenvalue weighted by Gasteiger charge is -2.29. The summed E-state index contributed by atoms with van der Waals surface area (Å²) in [6, 6.07) is 15.0. The minimum atomic E-state index is -0.236. The second-order valence-corrected chi connectivity index (χ2v) is 5.74. The fraction of sp³-hybridized carbons (Fsp3) is 0.368. The molecule has 3 rings (SSSR count). The van der Waals surface area contributed by atoms with Gasteiger partial charge in [0.05, 0.1) is 18.9 Å². The van der Waals surface area contributed by atoms with Gasteiger partial charge in [0, 0.05) is 32.2 Å².